The molecule has 0 aliphatic carbocycles. The zero-order chi connectivity index (χ0) is 16.2. The summed E-state index contributed by atoms with van der Waals surface area (Å²) in [6.45, 7) is 7.29. The lowest BCUT2D eigenvalue weighted by atomic mass is 9.90. The highest BCUT2D eigenvalue weighted by atomic mass is 16.6. The standard InChI is InChI=1S/C18H27NO3/c1-18(2,3)22-17(20)19-11-9-15(10-12-19)13-14-5-7-16(21-4)8-6-14/h5-8,15H,9-13H2,1-4H3. The van der Waals surface area contributed by atoms with Crippen molar-refractivity contribution in [1.29, 1.82) is 0 Å². The van der Waals surface area contributed by atoms with Crippen LogP contribution < -0.4 is 4.74 Å². The summed E-state index contributed by atoms with van der Waals surface area (Å²) in [7, 11) is 1.68. The van der Waals surface area contributed by atoms with E-state index in [1.807, 2.05) is 37.8 Å². The number of hydrogen-bond acceptors (Lipinski definition) is 3. The number of benzene rings is 1. The molecule has 1 aliphatic heterocycles. The second-order valence-corrected chi connectivity index (χ2v) is 6.96. The number of hydrogen-bond donors (Lipinski definition) is 0. The van der Waals surface area contributed by atoms with Gasteiger partial charge in [-0.05, 0) is 63.6 Å². The van der Waals surface area contributed by atoms with Gasteiger partial charge in [0.15, 0.2) is 0 Å². The van der Waals surface area contributed by atoms with Gasteiger partial charge in [0.05, 0.1) is 7.11 Å². The Morgan fingerprint density at radius 1 is 1.18 bits per heavy atom. The smallest absolute Gasteiger partial charge is 0.410 e. The van der Waals surface area contributed by atoms with Gasteiger partial charge in [-0.2, -0.15) is 0 Å². The van der Waals surface area contributed by atoms with E-state index in [9.17, 15) is 4.79 Å². The predicted molar refractivity (Wildman–Crippen MR) is 87.2 cm³/mol. The van der Waals surface area contributed by atoms with E-state index in [1.165, 1.54) is 5.56 Å². The average molecular weight is 305 g/mol. The number of piperidine rings is 1. The molecule has 1 saturated heterocycles. The normalized spacial score (nSPS) is 16.5. The number of methoxy groups -OCH3 is 1. The first-order chi connectivity index (χ1) is 10.4. The maximum Gasteiger partial charge on any atom is 0.410 e. The molecule has 1 aromatic rings. The first kappa shape index (κ1) is 16.7. The summed E-state index contributed by atoms with van der Waals surface area (Å²) >= 11 is 0. The predicted octanol–water partition coefficient (Wildman–Crippen LogP) is 3.88. The molecule has 0 spiro atoms. The first-order valence-corrected chi connectivity index (χ1v) is 7.98. The van der Waals surface area contributed by atoms with E-state index in [1.54, 1.807) is 7.11 Å². The first-order valence-electron chi connectivity index (χ1n) is 7.98. The molecule has 0 atom stereocenters. The Morgan fingerprint density at radius 3 is 2.27 bits per heavy atom. The molecule has 0 bridgehead atoms. The quantitative estimate of drug-likeness (QED) is 0.850. The minimum Gasteiger partial charge on any atom is -0.497 e. The molecule has 0 saturated carbocycles. The topological polar surface area (TPSA) is 38.8 Å². The molecule has 22 heavy (non-hydrogen) atoms. The van der Waals surface area contributed by atoms with Crippen LogP contribution in [-0.2, 0) is 11.2 Å². The summed E-state index contributed by atoms with van der Waals surface area (Å²) in [6.07, 6.45) is 2.94. The number of carbonyl (C=O) groups is 1. The van der Waals surface area contributed by atoms with E-state index in [0.29, 0.717) is 5.92 Å². The van der Waals surface area contributed by atoms with E-state index in [0.717, 1.165) is 38.1 Å². The second kappa shape index (κ2) is 7.03. The fourth-order valence-corrected chi connectivity index (χ4v) is 2.74. The average Bonchev–Trinajstić information content (AvgIpc) is 2.47. The molecule has 1 fully saturated rings. The fourth-order valence-electron chi connectivity index (χ4n) is 2.74. The minimum absolute atomic E-state index is 0.185. The van der Waals surface area contributed by atoms with Crippen LogP contribution in [0.4, 0.5) is 4.79 Å². The zero-order valence-corrected chi connectivity index (χ0v) is 14.1. The van der Waals surface area contributed by atoms with Crippen molar-refractivity contribution >= 4 is 6.09 Å². The number of amides is 1. The largest absolute Gasteiger partial charge is 0.497 e. The number of carbonyl (C=O) groups excluding carboxylic acids is 1. The Morgan fingerprint density at radius 2 is 1.77 bits per heavy atom. The van der Waals surface area contributed by atoms with Gasteiger partial charge in [-0.15, -0.1) is 0 Å². The molecule has 4 nitrogen and oxygen atoms in total. The lowest BCUT2D eigenvalue weighted by molar-refractivity contribution is 0.0184. The van der Waals surface area contributed by atoms with Gasteiger partial charge in [0.25, 0.3) is 0 Å². The van der Waals surface area contributed by atoms with Gasteiger partial charge in [-0.1, -0.05) is 12.1 Å². The summed E-state index contributed by atoms with van der Waals surface area (Å²) in [5.41, 5.74) is 0.910. The molecule has 2 rings (SSSR count). The van der Waals surface area contributed by atoms with Crippen molar-refractivity contribution in [2.24, 2.45) is 5.92 Å². The van der Waals surface area contributed by atoms with Gasteiger partial charge >= 0.3 is 6.09 Å². The summed E-state index contributed by atoms with van der Waals surface area (Å²) < 4.78 is 10.6. The molecule has 4 heteroatoms. The molecule has 0 aromatic heterocycles. The second-order valence-electron chi connectivity index (χ2n) is 6.96. The number of likely N-dealkylation sites (tertiary alicyclic amines) is 1. The van der Waals surface area contributed by atoms with Crippen molar-refractivity contribution in [1.82, 2.24) is 4.90 Å². The van der Waals surface area contributed by atoms with Gasteiger partial charge in [0.2, 0.25) is 0 Å². The molecule has 0 N–H and O–H groups in total. The van der Waals surface area contributed by atoms with E-state index in [4.69, 9.17) is 9.47 Å². The Balaban J connectivity index is 1.80. The molecular weight excluding hydrogens is 278 g/mol. The van der Waals surface area contributed by atoms with Crippen LogP contribution in [0.25, 0.3) is 0 Å². The molecule has 1 aliphatic rings. The molecule has 1 heterocycles. The fraction of sp³-hybridized carbons (Fsp3) is 0.611. The summed E-state index contributed by atoms with van der Waals surface area (Å²) in [4.78, 5) is 13.9. The van der Waals surface area contributed by atoms with Gasteiger partial charge in [0, 0.05) is 13.1 Å². The molecule has 0 unspecified atom stereocenters. The van der Waals surface area contributed by atoms with Crippen molar-refractivity contribution in [2.45, 2.75) is 45.6 Å². The SMILES string of the molecule is COc1ccc(CC2CCN(C(=O)OC(C)(C)C)CC2)cc1. The highest BCUT2D eigenvalue weighted by Gasteiger charge is 2.26. The molecular formula is C18H27NO3. The van der Waals surface area contributed by atoms with Crippen LogP contribution in [0, 0.1) is 5.92 Å². The molecule has 1 aromatic carbocycles. The molecule has 122 valence electrons. The van der Waals surface area contributed by atoms with Crippen molar-refractivity contribution in [2.75, 3.05) is 20.2 Å². The van der Waals surface area contributed by atoms with Crippen molar-refractivity contribution in [3.8, 4) is 5.75 Å². The Bertz CT molecular complexity index is 482. The van der Waals surface area contributed by atoms with Crippen LogP contribution in [0.15, 0.2) is 24.3 Å². The van der Waals surface area contributed by atoms with Gasteiger partial charge in [0.1, 0.15) is 11.4 Å². The summed E-state index contributed by atoms with van der Waals surface area (Å²) in [6, 6.07) is 8.26. The van der Waals surface area contributed by atoms with Crippen LogP contribution in [0.5, 0.6) is 5.75 Å². The van der Waals surface area contributed by atoms with Crippen LogP contribution in [-0.4, -0.2) is 36.8 Å². The van der Waals surface area contributed by atoms with Crippen LogP contribution >= 0.6 is 0 Å². The van der Waals surface area contributed by atoms with Crippen molar-refractivity contribution in [3.63, 3.8) is 0 Å². The third kappa shape index (κ3) is 4.93. The minimum atomic E-state index is -0.420. The van der Waals surface area contributed by atoms with Gasteiger partial charge < -0.3 is 14.4 Å². The highest BCUT2D eigenvalue weighted by Crippen LogP contribution is 2.24. The Kier molecular flexibility index (Phi) is 5.33. The van der Waals surface area contributed by atoms with E-state index < -0.39 is 5.60 Å². The van der Waals surface area contributed by atoms with Crippen LogP contribution in [0.3, 0.4) is 0 Å². The number of rotatable bonds is 3. The third-order valence-corrected chi connectivity index (χ3v) is 3.95. The van der Waals surface area contributed by atoms with Crippen LogP contribution in [0.1, 0.15) is 39.2 Å². The van der Waals surface area contributed by atoms with Gasteiger partial charge in [-0.25, -0.2) is 4.79 Å². The Hall–Kier alpha value is -1.71. The van der Waals surface area contributed by atoms with Gasteiger partial charge in [-0.3, -0.25) is 0 Å². The van der Waals surface area contributed by atoms with E-state index in [-0.39, 0.29) is 6.09 Å². The Labute approximate surface area is 133 Å². The third-order valence-electron chi connectivity index (χ3n) is 3.95. The van der Waals surface area contributed by atoms with E-state index >= 15 is 0 Å². The summed E-state index contributed by atoms with van der Waals surface area (Å²) in [5, 5.41) is 0. The van der Waals surface area contributed by atoms with Crippen molar-refractivity contribution < 1.29 is 14.3 Å². The summed E-state index contributed by atoms with van der Waals surface area (Å²) in [5.74, 6) is 1.52. The zero-order valence-electron chi connectivity index (χ0n) is 14.1. The lowest BCUT2D eigenvalue weighted by Crippen LogP contribution is -2.42. The van der Waals surface area contributed by atoms with Crippen LogP contribution in [0.2, 0.25) is 0 Å². The number of nitrogens with zero attached hydrogens (tertiary/aromatic N) is 1. The van der Waals surface area contributed by atoms with Crippen molar-refractivity contribution in [3.05, 3.63) is 29.8 Å². The van der Waals surface area contributed by atoms with E-state index in [2.05, 4.69) is 12.1 Å². The highest BCUT2D eigenvalue weighted by molar-refractivity contribution is 5.68. The number of ether oxygens (including phenoxy) is 2. The molecule has 1 amide bonds. The molecule has 0 radical (unpaired) electrons. The maximum absolute atomic E-state index is 12.0. The maximum atomic E-state index is 12.0. The monoisotopic (exact) mass is 305 g/mol. The lowest BCUT2D eigenvalue weighted by Gasteiger charge is -2.33.